The topological polar surface area (TPSA) is 61.6 Å². The van der Waals surface area contributed by atoms with Crippen molar-refractivity contribution in [1.82, 2.24) is 0 Å². The maximum Gasteiger partial charge on any atom is 0.248 e. The molecule has 0 unspecified atom stereocenters. The van der Waals surface area contributed by atoms with Crippen molar-refractivity contribution in [2.45, 2.75) is 0 Å². The predicted molar refractivity (Wildman–Crippen MR) is 68.0 cm³/mol. The van der Waals surface area contributed by atoms with Gasteiger partial charge in [0.2, 0.25) is 5.91 Å². The molecule has 0 aliphatic rings. The lowest BCUT2D eigenvalue weighted by Crippen LogP contribution is -2.10. The number of carbonyl (C=O) groups is 1. The van der Waals surface area contributed by atoms with Gasteiger partial charge in [-0.25, -0.2) is 0 Å². The number of carbonyl (C=O) groups excluding carboxylic acids is 1. The van der Waals surface area contributed by atoms with Crippen molar-refractivity contribution in [2.24, 2.45) is 5.73 Å². The molecule has 0 fully saturated rings. The fourth-order valence-corrected chi connectivity index (χ4v) is 1.51. The van der Waals surface area contributed by atoms with Gasteiger partial charge in [0.15, 0.2) is 0 Å². The summed E-state index contributed by atoms with van der Waals surface area (Å²) in [6.07, 6.45) is 0. The Balaban J connectivity index is 2.22. The van der Waals surface area contributed by atoms with Gasteiger partial charge < -0.3 is 15.2 Å². The molecule has 2 aromatic rings. The minimum absolute atomic E-state index is 0.412. The third kappa shape index (κ3) is 2.79. The minimum atomic E-state index is -0.480. The zero-order chi connectivity index (χ0) is 13.0. The van der Waals surface area contributed by atoms with Crippen LogP contribution in [0, 0.1) is 0 Å². The molecule has 0 heterocycles. The van der Waals surface area contributed by atoms with Crippen molar-refractivity contribution in [3.8, 4) is 17.2 Å². The molecule has 18 heavy (non-hydrogen) atoms. The van der Waals surface area contributed by atoms with Crippen LogP contribution in [0.3, 0.4) is 0 Å². The lowest BCUT2D eigenvalue weighted by molar-refractivity contribution is 0.1000. The molecule has 0 aliphatic heterocycles. The van der Waals surface area contributed by atoms with Crippen molar-refractivity contribution >= 4 is 5.91 Å². The monoisotopic (exact) mass is 243 g/mol. The molecule has 4 heteroatoms. The zero-order valence-electron chi connectivity index (χ0n) is 9.92. The Morgan fingerprint density at radius 1 is 1.00 bits per heavy atom. The van der Waals surface area contributed by atoms with Crippen LogP contribution in [0.5, 0.6) is 17.2 Å². The van der Waals surface area contributed by atoms with Crippen LogP contribution >= 0.6 is 0 Å². The Labute approximate surface area is 105 Å². The van der Waals surface area contributed by atoms with Crippen LogP contribution in [-0.2, 0) is 0 Å². The summed E-state index contributed by atoms with van der Waals surface area (Å²) in [6, 6.07) is 13.9. The number of primary amides is 1. The molecule has 2 N–H and O–H groups in total. The standard InChI is InChI=1S/C14H13NO3/c1-17-11-5-3-7-13(9-11)18-12-6-2-4-10(8-12)14(15)16/h2-9H,1H3,(H2,15,16). The predicted octanol–water partition coefficient (Wildman–Crippen LogP) is 2.59. The van der Waals surface area contributed by atoms with Gasteiger partial charge in [-0.05, 0) is 30.3 Å². The Morgan fingerprint density at radius 2 is 1.61 bits per heavy atom. The number of rotatable bonds is 4. The average molecular weight is 243 g/mol. The summed E-state index contributed by atoms with van der Waals surface area (Å²) in [5.74, 6) is 1.42. The van der Waals surface area contributed by atoms with Gasteiger partial charge in [0.05, 0.1) is 7.11 Å². The van der Waals surface area contributed by atoms with Gasteiger partial charge in [0.25, 0.3) is 0 Å². The molecule has 0 aromatic heterocycles. The van der Waals surface area contributed by atoms with Gasteiger partial charge in [-0.1, -0.05) is 12.1 Å². The van der Waals surface area contributed by atoms with E-state index in [1.54, 1.807) is 43.5 Å². The maximum atomic E-state index is 11.1. The summed E-state index contributed by atoms with van der Waals surface area (Å²) in [4.78, 5) is 11.1. The fourth-order valence-electron chi connectivity index (χ4n) is 1.51. The van der Waals surface area contributed by atoms with Crippen molar-refractivity contribution in [3.63, 3.8) is 0 Å². The van der Waals surface area contributed by atoms with Gasteiger partial charge in [-0.3, -0.25) is 4.79 Å². The smallest absolute Gasteiger partial charge is 0.248 e. The first kappa shape index (κ1) is 12.0. The van der Waals surface area contributed by atoms with Gasteiger partial charge in [0, 0.05) is 11.6 Å². The average Bonchev–Trinajstić information content (AvgIpc) is 2.39. The SMILES string of the molecule is COc1cccc(Oc2cccc(C(N)=O)c2)c1. The molecule has 0 spiro atoms. The lowest BCUT2D eigenvalue weighted by Gasteiger charge is -2.07. The highest BCUT2D eigenvalue weighted by Crippen LogP contribution is 2.25. The number of ether oxygens (including phenoxy) is 2. The number of nitrogens with two attached hydrogens (primary N) is 1. The Kier molecular flexibility index (Phi) is 3.48. The van der Waals surface area contributed by atoms with Gasteiger partial charge in [0.1, 0.15) is 17.2 Å². The van der Waals surface area contributed by atoms with E-state index in [4.69, 9.17) is 15.2 Å². The summed E-state index contributed by atoms with van der Waals surface area (Å²) >= 11 is 0. The number of methoxy groups -OCH3 is 1. The third-order valence-corrected chi connectivity index (χ3v) is 2.40. The van der Waals surface area contributed by atoms with Crippen molar-refractivity contribution < 1.29 is 14.3 Å². The molecule has 2 rings (SSSR count). The summed E-state index contributed by atoms with van der Waals surface area (Å²) in [6.45, 7) is 0. The highest BCUT2D eigenvalue weighted by Gasteiger charge is 2.03. The molecule has 0 aliphatic carbocycles. The number of hydrogen-bond acceptors (Lipinski definition) is 3. The van der Waals surface area contributed by atoms with Crippen LogP contribution in [0.25, 0.3) is 0 Å². The highest BCUT2D eigenvalue weighted by molar-refractivity contribution is 5.93. The minimum Gasteiger partial charge on any atom is -0.497 e. The van der Waals surface area contributed by atoms with Crippen LogP contribution in [0.1, 0.15) is 10.4 Å². The van der Waals surface area contributed by atoms with E-state index in [0.717, 1.165) is 0 Å². The zero-order valence-corrected chi connectivity index (χ0v) is 9.92. The Morgan fingerprint density at radius 3 is 2.28 bits per heavy atom. The number of hydrogen-bond donors (Lipinski definition) is 1. The van der Waals surface area contributed by atoms with Gasteiger partial charge >= 0.3 is 0 Å². The largest absolute Gasteiger partial charge is 0.497 e. The Bertz CT molecular complexity index is 566. The van der Waals surface area contributed by atoms with E-state index in [1.807, 2.05) is 12.1 Å². The Hall–Kier alpha value is -2.49. The number of benzene rings is 2. The summed E-state index contributed by atoms with van der Waals surface area (Å²) in [5.41, 5.74) is 5.62. The third-order valence-electron chi connectivity index (χ3n) is 2.40. The molecule has 0 bridgehead atoms. The molecule has 0 atom stereocenters. The van der Waals surface area contributed by atoms with E-state index in [0.29, 0.717) is 22.8 Å². The first-order chi connectivity index (χ1) is 8.69. The molecule has 4 nitrogen and oxygen atoms in total. The van der Waals surface area contributed by atoms with Crippen molar-refractivity contribution in [2.75, 3.05) is 7.11 Å². The van der Waals surface area contributed by atoms with E-state index in [2.05, 4.69) is 0 Å². The molecular weight excluding hydrogens is 230 g/mol. The van der Waals surface area contributed by atoms with E-state index < -0.39 is 5.91 Å². The molecular formula is C14H13NO3. The van der Waals surface area contributed by atoms with Crippen molar-refractivity contribution in [1.29, 1.82) is 0 Å². The second kappa shape index (κ2) is 5.23. The van der Waals surface area contributed by atoms with Gasteiger partial charge in [-0.15, -0.1) is 0 Å². The quantitative estimate of drug-likeness (QED) is 0.897. The second-order valence-electron chi connectivity index (χ2n) is 3.67. The summed E-state index contributed by atoms with van der Waals surface area (Å²) in [7, 11) is 1.59. The summed E-state index contributed by atoms with van der Waals surface area (Å²) in [5, 5.41) is 0. The fraction of sp³-hybridized carbons (Fsp3) is 0.0714. The molecule has 2 aromatic carbocycles. The van der Waals surface area contributed by atoms with E-state index in [1.165, 1.54) is 0 Å². The van der Waals surface area contributed by atoms with E-state index in [-0.39, 0.29) is 0 Å². The number of amides is 1. The van der Waals surface area contributed by atoms with E-state index in [9.17, 15) is 4.79 Å². The lowest BCUT2D eigenvalue weighted by atomic mass is 10.2. The van der Waals surface area contributed by atoms with Gasteiger partial charge in [-0.2, -0.15) is 0 Å². The molecule has 0 saturated carbocycles. The molecule has 0 radical (unpaired) electrons. The first-order valence-electron chi connectivity index (χ1n) is 5.41. The van der Waals surface area contributed by atoms with Crippen LogP contribution < -0.4 is 15.2 Å². The van der Waals surface area contributed by atoms with Crippen LogP contribution in [0.2, 0.25) is 0 Å². The summed E-state index contributed by atoms with van der Waals surface area (Å²) < 4.78 is 10.7. The second-order valence-corrected chi connectivity index (χ2v) is 3.67. The maximum absolute atomic E-state index is 11.1. The highest BCUT2D eigenvalue weighted by atomic mass is 16.5. The molecule has 0 saturated heterocycles. The van der Waals surface area contributed by atoms with Crippen LogP contribution in [0.4, 0.5) is 0 Å². The van der Waals surface area contributed by atoms with E-state index >= 15 is 0 Å². The molecule has 1 amide bonds. The first-order valence-corrected chi connectivity index (χ1v) is 5.41. The van der Waals surface area contributed by atoms with Crippen LogP contribution in [0.15, 0.2) is 48.5 Å². The molecule has 92 valence electrons. The van der Waals surface area contributed by atoms with Crippen LogP contribution in [-0.4, -0.2) is 13.0 Å². The van der Waals surface area contributed by atoms with Crippen molar-refractivity contribution in [3.05, 3.63) is 54.1 Å². The normalized spacial score (nSPS) is 9.83.